The van der Waals surface area contributed by atoms with Crippen LogP contribution in [0.25, 0.3) is 5.65 Å². The number of hydrogen-bond donors (Lipinski definition) is 0. The fourth-order valence-electron chi connectivity index (χ4n) is 1.36. The van der Waals surface area contributed by atoms with E-state index in [0.29, 0.717) is 5.15 Å². The predicted octanol–water partition coefficient (Wildman–Crippen LogP) is 2.68. The minimum absolute atomic E-state index is 0.0249. The summed E-state index contributed by atoms with van der Waals surface area (Å²) < 4.78 is 1.79. The Kier molecular flexibility index (Phi) is 2.00. The lowest BCUT2D eigenvalue weighted by Gasteiger charge is -2.16. The molecule has 0 saturated heterocycles. The molecule has 74 valence electrons. The molecule has 2 aromatic heterocycles. The van der Waals surface area contributed by atoms with Gasteiger partial charge in [0.15, 0.2) is 5.65 Å². The highest BCUT2D eigenvalue weighted by molar-refractivity contribution is 6.29. The zero-order chi connectivity index (χ0) is 10.3. The Morgan fingerprint density at radius 1 is 1.29 bits per heavy atom. The highest BCUT2D eigenvalue weighted by Gasteiger charge is 2.19. The van der Waals surface area contributed by atoms with Crippen LogP contribution in [0.4, 0.5) is 0 Å². The van der Waals surface area contributed by atoms with Crippen LogP contribution in [0.1, 0.15) is 26.5 Å². The summed E-state index contributed by atoms with van der Waals surface area (Å²) in [6.45, 7) is 6.37. The van der Waals surface area contributed by atoms with E-state index in [-0.39, 0.29) is 5.41 Å². The van der Waals surface area contributed by atoms with Gasteiger partial charge in [-0.15, -0.1) is 0 Å². The maximum absolute atomic E-state index is 5.84. The van der Waals surface area contributed by atoms with Gasteiger partial charge in [0.25, 0.3) is 0 Å². The lowest BCUT2D eigenvalue weighted by atomic mass is 9.93. The Bertz CT molecular complexity index is 468. The van der Waals surface area contributed by atoms with Gasteiger partial charge in [-0.1, -0.05) is 32.4 Å². The maximum Gasteiger partial charge on any atom is 0.153 e. The van der Waals surface area contributed by atoms with Crippen LogP contribution in [0.15, 0.2) is 18.3 Å². The summed E-state index contributed by atoms with van der Waals surface area (Å²) in [5.41, 5.74) is 1.92. The first-order valence-electron chi connectivity index (χ1n) is 4.49. The van der Waals surface area contributed by atoms with E-state index in [4.69, 9.17) is 11.6 Å². The summed E-state index contributed by atoms with van der Waals surface area (Å²) in [5.74, 6) is 0. The summed E-state index contributed by atoms with van der Waals surface area (Å²) in [4.78, 5) is 4.27. The van der Waals surface area contributed by atoms with E-state index in [9.17, 15) is 0 Å². The second-order valence-corrected chi connectivity index (χ2v) is 4.71. The van der Waals surface area contributed by atoms with Crippen LogP contribution in [0.3, 0.4) is 0 Å². The van der Waals surface area contributed by atoms with Gasteiger partial charge in [0.2, 0.25) is 0 Å². The zero-order valence-corrected chi connectivity index (χ0v) is 9.21. The molecule has 3 nitrogen and oxygen atoms in total. The number of rotatable bonds is 0. The van der Waals surface area contributed by atoms with Gasteiger partial charge < -0.3 is 0 Å². The molecule has 0 aromatic carbocycles. The summed E-state index contributed by atoms with van der Waals surface area (Å²) in [6, 6.07) is 3.61. The van der Waals surface area contributed by atoms with Gasteiger partial charge in [0, 0.05) is 5.41 Å². The van der Waals surface area contributed by atoms with E-state index in [1.54, 1.807) is 10.6 Å². The largest absolute Gasteiger partial charge is 0.235 e. The SMILES string of the molecule is CC(C)(C)c1cnc2ccc(Cl)nn12. The molecule has 2 aromatic rings. The van der Waals surface area contributed by atoms with Crippen molar-refractivity contribution in [2.75, 3.05) is 0 Å². The fraction of sp³-hybridized carbons (Fsp3) is 0.400. The standard InChI is InChI=1S/C10H12ClN3/c1-10(2,3)7-6-12-9-5-4-8(11)13-14(7)9/h4-6H,1-3H3. The third kappa shape index (κ3) is 1.48. The molecule has 4 heteroatoms. The second-order valence-electron chi connectivity index (χ2n) is 4.32. The molecule has 0 aliphatic carbocycles. The van der Waals surface area contributed by atoms with E-state index < -0.39 is 0 Å². The predicted molar refractivity (Wildman–Crippen MR) is 56.7 cm³/mol. The van der Waals surface area contributed by atoms with Gasteiger partial charge in [-0.2, -0.15) is 5.10 Å². The molecular formula is C10H12ClN3. The fourth-order valence-corrected chi connectivity index (χ4v) is 1.50. The van der Waals surface area contributed by atoms with Crippen LogP contribution in [0, 0.1) is 0 Å². The minimum Gasteiger partial charge on any atom is -0.235 e. The normalized spacial score (nSPS) is 12.3. The van der Waals surface area contributed by atoms with E-state index in [2.05, 4.69) is 30.9 Å². The molecule has 2 rings (SSSR count). The van der Waals surface area contributed by atoms with Crippen molar-refractivity contribution in [3.8, 4) is 0 Å². The Balaban J connectivity index is 2.73. The van der Waals surface area contributed by atoms with Gasteiger partial charge in [-0.25, -0.2) is 9.50 Å². The summed E-state index contributed by atoms with van der Waals surface area (Å²) in [5, 5.41) is 4.71. The van der Waals surface area contributed by atoms with E-state index in [1.807, 2.05) is 12.3 Å². The van der Waals surface area contributed by atoms with Crippen molar-refractivity contribution in [3.63, 3.8) is 0 Å². The molecule has 14 heavy (non-hydrogen) atoms. The average Bonchev–Trinajstić information content (AvgIpc) is 2.45. The van der Waals surface area contributed by atoms with Gasteiger partial charge in [-0.05, 0) is 12.1 Å². The molecule has 0 atom stereocenters. The second kappa shape index (κ2) is 2.95. The van der Waals surface area contributed by atoms with Crippen molar-refractivity contribution >= 4 is 17.2 Å². The smallest absolute Gasteiger partial charge is 0.153 e. The third-order valence-electron chi connectivity index (χ3n) is 2.10. The van der Waals surface area contributed by atoms with Crippen molar-refractivity contribution < 1.29 is 0 Å². The molecule has 0 spiro atoms. The topological polar surface area (TPSA) is 30.2 Å². The highest BCUT2D eigenvalue weighted by atomic mass is 35.5. The van der Waals surface area contributed by atoms with Crippen molar-refractivity contribution in [2.45, 2.75) is 26.2 Å². The van der Waals surface area contributed by atoms with E-state index in [0.717, 1.165) is 11.3 Å². The number of hydrogen-bond acceptors (Lipinski definition) is 2. The van der Waals surface area contributed by atoms with Crippen LogP contribution in [-0.2, 0) is 5.41 Å². The minimum atomic E-state index is 0.0249. The Morgan fingerprint density at radius 2 is 2.00 bits per heavy atom. The van der Waals surface area contributed by atoms with Gasteiger partial charge in [-0.3, -0.25) is 0 Å². The van der Waals surface area contributed by atoms with Crippen LogP contribution in [-0.4, -0.2) is 14.6 Å². The molecule has 0 saturated carbocycles. The van der Waals surface area contributed by atoms with Crippen molar-refractivity contribution in [2.24, 2.45) is 0 Å². The first-order chi connectivity index (χ1) is 6.48. The van der Waals surface area contributed by atoms with Gasteiger partial charge >= 0.3 is 0 Å². The molecule has 0 amide bonds. The Hall–Kier alpha value is -1.09. The number of halogens is 1. The van der Waals surface area contributed by atoms with Gasteiger partial charge in [0.05, 0.1) is 11.9 Å². The van der Waals surface area contributed by atoms with Crippen LogP contribution in [0.2, 0.25) is 5.15 Å². The molecule has 0 aliphatic rings. The molecule has 0 radical (unpaired) electrons. The molecule has 0 bridgehead atoms. The lowest BCUT2D eigenvalue weighted by molar-refractivity contribution is 0.551. The molecule has 0 unspecified atom stereocenters. The van der Waals surface area contributed by atoms with E-state index >= 15 is 0 Å². The summed E-state index contributed by atoms with van der Waals surface area (Å²) >= 11 is 5.84. The average molecular weight is 210 g/mol. The number of nitrogens with zero attached hydrogens (tertiary/aromatic N) is 3. The highest BCUT2D eigenvalue weighted by Crippen LogP contribution is 2.22. The summed E-state index contributed by atoms with van der Waals surface area (Å²) in [6.07, 6.45) is 1.85. The van der Waals surface area contributed by atoms with Gasteiger partial charge in [0.1, 0.15) is 5.15 Å². The number of fused-ring (bicyclic) bond motifs is 1. The first kappa shape index (κ1) is 9.46. The number of imidazole rings is 1. The van der Waals surface area contributed by atoms with Crippen molar-refractivity contribution in [3.05, 3.63) is 29.2 Å². The molecule has 0 fully saturated rings. The quantitative estimate of drug-likeness (QED) is 0.668. The van der Waals surface area contributed by atoms with Crippen LogP contribution < -0.4 is 0 Å². The molecular weight excluding hydrogens is 198 g/mol. The molecule has 0 aliphatic heterocycles. The monoisotopic (exact) mass is 209 g/mol. The molecule has 2 heterocycles. The van der Waals surface area contributed by atoms with Crippen molar-refractivity contribution in [1.29, 1.82) is 0 Å². The van der Waals surface area contributed by atoms with Crippen molar-refractivity contribution in [1.82, 2.24) is 14.6 Å². The zero-order valence-electron chi connectivity index (χ0n) is 8.45. The first-order valence-corrected chi connectivity index (χ1v) is 4.87. The Morgan fingerprint density at radius 3 is 2.64 bits per heavy atom. The Labute approximate surface area is 87.7 Å². The number of aromatic nitrogens is 3. The third-order valence-corrected chi connectivity index (χ3v) is 2.30. The van der Waals surface area contributed by atoms with Crippen LogP contribution in [0.5, 0.6) is 0 Å². The lowest BCUT2D eigenvalue weighted by Crippen LogP contribution is -2.15. The van der Waals surface area contributed by atoms with Crippen LogP contribution >= 0.6 is 11.6 Å². The summed E-state index contributed by atoms with van der Waals surface area (Å²) in [7, 11) is 0. The van der Waals surface area contributed by atoms with E-state index in [1.165, 1.54) is 0 Å². The molecule has 0 N–H and O–H groups in total. The maximum atomic E-state index is 5.84.